The number of likely N-dealkylation sites (tertiary alicyclic amines) is 1. The molecule has 0 spiro atoms. The van der Waals surface area contributed by atoms with E-state index < -0.39 is 0 Å². The van der Waals surface area contributed by atoms with Crippen LogP contribution in [0.5, 0.6) is 5.75 Å². The van der Waals surface area contributed by atoms with Gasteiger partial charge in [0.05, 0.1) is 0 Å². The Hall–Kier alpha value is -1.87. The minimum absolute atomic E-state index is 0.595. The number of ether oxygens (including phenoxy) is 1. The zero-order valence-electron chi connectivity index (χ0n) is 13.6. The minimum Gasteiger partial charge on any atom is -0.489 e. The molecule has 1 aliphatic rings. The molecule has 120 valence electrons. The van der Waals surface area contributed by atoms with Crippen LogP contribution in [0, 0.1) is 6.92 Å². The lowest BCUT2D eigenvalue weighted by Gasteiger charge is -2.29. The third-order valence-electron chi connectivity index (χ3n) is 4.23. The van der Waals surface area contributed by atoms with Gasteiger partial charge in [-0.25, -0.2) is 0 Å². The fourth-order valence-electron chi connectivity index (χ4n) is 2.94. The lowest BCUT2D eigenvalue weighted by Crippen LogP contribution is -2.34. The van der Waals surface area contributed by atoms with E-state index in [-0.39, 0.29) is 0 Å². The predicted molar refractivity (Wildman–Crippen MR) is 99.1 cm³/mol. The van der Waals surface area contributed by atoms with Gasteiger partial charge in [0.2, 0.25) is 0 Å². The molecule has 0 aliphatic carbocycles. The smallest absolute Gasteiger partial charge is 0.119 e. The Morgan fingerprint density at radius 3 is 2.48 bits per heavy atom. The van der Waals surface area contributed by atoms with Gasteiger partial charge in [-0.2, -0.15) is 0 Å². The molecule has 1 heterocycles. The first-order valence-electron chi connectivity index (χ1n) is 8.30. The molecule has 0 amide bonds. The minimum atomic E-state index is 0.595. The molecule has 0 saturated carbocycles. The molecule has 0 unspecified atom stereocenters. The van der Waals surface area contributed by atoms with Crippen LogP contribution < -0.4 is 4.74 Å². The summed E-state index contributed by atoms with van der Waals surface area (Å²) in [4.78, 5) is 3.29. The standard InChI is InChI=1S/C20H23NOS/c1-16-6-5-7-17(14-16)15-22-19-10-8-18(9-11-19)20(23)21-12-3-2-4-13-21/h5-11,14H,2-4,12-13,15H2,1H3. The molecule has 0 bridgehead atoms. The number of piperidine rings is 1. The van der Waals surface area contributed by atoms with E-state index in [9.17, 15) is 0 Å². The number of hydrogen-bond acceptors (Lipinski definition) is 2. The third kappa shape index (κ3) is 4.32. The number of nitrogens with zero attached hydrogens (tertiary/aromatic N) is 1. The van der Waals surface area contributed by atoms with Crippen molar-refractivity contribution in [3.05, 3.63) is 65.2 Å². The quantitative estimate of drug-likeness (QED) is 0.754. The Kier molecular flexibility index (Phi) is 5.29. The number of rotatable bonds is 4. The first-order chi connectivity index (χ1) is 11.2. The summed E-state index contributed by atoms with van der Waals surface area (Å²) in [5.41, 5.74) is 3.57. The third-order valence-corrected chi connectivity index (χ3v) is 4.73. The summed E-state index contributed by atoms with van der Waals surface area (Å²) in [7, 11) is 0. The van der Waals surface area contributed by atoms with Crippen LogP contribution in [-0.4, -0.2) is 23.0 Å². The van der Waals surface area contributed by atoms with Crippen molar-refractivity contribution in [3.8, 4) is 5.75 Å². The Balaban J connectivity index is 1.59. The Labute approximate surface area is 144 Å². The summed E-state index contributed by atoms with van der Waals surface area (Å²) < 4.78 is 5.87. The number of hydrogen-bond donors (Lipinski definition) is 0. The van der Waals surface area contributed by atoms with Crippen molar-refractivity contribution >= 4 is 17.2 Å². The van der Waals surface area contributed by atoms with Gasteiger partial charge in [0.25, 0.3) is 0 Å². The van der Waals surface area contributed by atoms with Crippen molar-refractivity contribution in [1.82, 2.24) is 4.90 Å². The zero-order valence-corrected chi connectivity index (χ0v) is 14.4. The average molecular weight is 325 g/mol. The second-order valence-electron chi connectivity index (χ2n) is 6.15. The van der Waals surface area contributed by atoms with Gasteiger partial charge in [0.15, 0.2) is 0 Å². The van der Waals surface area contributed by atoms with Gasteiger partial charge >= 0.3 is 0 Å². The molecule has 1 aliphatic heterocycles. The van der Waals surface area contributed by atoms with E-state index in [0.29, 0.717) is 6.61 Å². The fraction of sp³-hybridized carbons (Fsp3) is 0.350. The van der Waals surface area contributed by atoms with E-state index in [4.69, 9.17) is 17.0 Å². The molecule has 0 atom stereocenters. The SMILES string of the molecule is Cc1cccc(COc2ccc(C(=S)N3CCCCC3)cc2)c1. The summed E-state index contributed by atoms with van der Waals surface area (Å²) in [5.74, 6) is 0.886. The molecule has 1 fully saturated rings. The summed E-state index contributed by atoms with van der Waals surface area (Å²) in [6.07, 6.45) is 3.82. The van der Waals surface area contributed by atoms with E-state index >= 15 is 0 Å². The van der Waals surface area contributed by atoms with Crippen LogP contribution in [0.3, 0.4) is 0 Å². The van der Waals surface area contributed by atoms with Gasteiger partial charge in [-0.05, 0) is 56.0 Å². The summed E-state index contributed by atoms with van der Waals surface area (Å²) in [5, 5.41) is 0. The molecule has 3 heteroatoms. The topological polar surface area (TPSA) is 12.5 Å². The van der Waals surface area contributed by atoms with Crippen LogP contribution >= 0.6 is 12.2 Å². The van der Waals surface area contributed by atoms with E-state index in [2.05, 4.69) is 48.2 Å². The van der Waals surface area contributed by atoms with Crippen LogP contribution in [-0.2, 0) is 6.61 Å². The van der Waals surface area contributed by atoms with Gasteiger partial charge in [0.1, 0.15) is 17.3 Å². The highest BCUT2D eigenvalue weighted by Crippen LogP contribution is 2.18. The van der Waals surface area contributed by atoms with Crippen LogP contribution in [0.2, 0.25) is 0 Å². The van der Waals surface area contributed by atoms with Crippen molar-refractivity contribution < 1.29 is 4.74 Å². The molecule has 23 heavy (non-hydrogen) atoms. The highest BCUT2D eigenvalue weighted by Gasteiger charge is 2.14. The Bertz CT molecular complexity index is 660. The average Bonchev–Trinajstić information content (AvgIpc) is 2.61. The Morgan fingerprint density at radius 2 is 1.78 bits per heavy atom. The highest BCUT2D eigenvalue weighted by molar-refractivity contribution is 7.80. The molecule has 3 rings (SSSR count). The number of benzene rings is 2. The largest absolute Gasteiger partial charge is 0.489 e. The molecule has 2 aromatic rings. The molecule has 0 aromatic heterocycles. The van der Waals surface area contributed by atoms with Crippen LogP contribution in [0.25, 0.3) is 0 Å². The van der Waals surface area contributed by atoms with Gasteiger partial charge in [-0.15, -0.1) is 0 Å². The summed E-state index contributed by atoms with van der Waals surface area (Å²) in [6.45, 7) is 4.87. The van der Waals surface area contributed by atoms with Gasteiger partial charge in [-0.1, -0.05) is 42.0 Å². The zero-order chi connectivity index (χ0) is 16.1. The maximum atomic E-state index is 5.87. The van der Waals surface area contributed by atoms with E-state index in [1.165, 1.54) is 30.4 Å². The van der Waals surface area contributed by atoms with Crippen LogP contribution in [0.15, 0.2) is 48.5 Å². The van der Waals surface area contributed by atoms with Crippen molar-refractivity contribution in [2.45, 2.75) is 32.8 Å². The van der Waals surface area contributed by atoms with Crippen LogP contribution in [0.1, 0.15) is 36.0 Å². The second kappa shape index (κ2) is 7.60. The fourth-order valence-corrected chi connectivity index (χ4v) is 3.26. The normalized spacial score (nSPS) is 14.6. The summed E-state index contributed by atoms with van der Waals surface area (Å²) in [6, 6.07) is 16.6. The number of aryl methyl sites for hydroxylation is 1. The van der Waals surface area contributed by atoms with E-state index in [1.807, 2.05) is 12.1 Å². The van der Waals surface area contributed by atoms with Crippen molar-refractivity contribution in [1.29, 1.82) is 0 Å². The monoisotopic (exact) mass is 325 g/mol. The molecular weight excluding hydrogens is 302 g/mol. The second-order valence-corrected chi connectivity index (χ2v) is 6.54. The maximum Gasteiger partial charge on any atom is 0.119 e. The van der Waals surface area contributed by atoms with E-state index in [1.54, 1.807) is 0 Å². The van der Waals surface area contributed by atoms with E-state index in [0.717, 1.165) is 29.4 Å². The van der Waals surface area contributed by atoms with Gasteiger partial charge in [0, 0.05) is 18.7 Å². The van der Waals surface area contributed by atoms with Crippen LogP contribution in [0.4, 0.5) is 0 Å². The molecule has 1 saturated heterocycles. The maximum absolute atomic E-state index is 5.87. The molecule has 0 radical (unpaired) electrons. The first kappa shape index (κ1) is 16.0. The molecule has 0 N–H and O–H groups in total. The first-order valence-corrected chi connectivity index (χ1v) is 8.71. The van der Waals surface area contributed by atoms with Crippen molar-refractivity contribution in [2.75, 3.05) is 13.1 Å². The molecule has 2 aromatic carbocycles. The lowest BCUT2D eigenvalue weighted by molar-refractivity contribution is 0.306. The van der Waals surface area contributed by atoms with Crippen molar-refractivity contribution in [3.63, 3.8) is 0 Å². The lowest BCUT2D eigenvalue weighted by atomic mass is 10.1. The predicted octanol–water partition coefficient (Wildman–Crippen LogP) is 4.74. The van der Waals surface area contributed by atoms with Gasteiger partial charge in [-0.3, -0.25) is 0 Å². The van der Waals surface area contributed by atoms with Crippen molar-refractivity contribution in [2.24, 2.45) is 0 Å². The number of thiocarbonyl (C=S) groups is 1. The molecule has 2 nitrogen and oxygen atoms in total. The summed E-state index contributed by atoms with van der Waals surface area (Å²) >= 11 is 5.62. The Morgan fingerprint density at radius 1 is 1.04 bits per heavy atom. The molecular formula is C20H23NOS. The van der Waals surface area contributed by atoms with Gasteiger partial charge < -0.3 is 9.64 Å². The highest BCUT2D eigenvalue weighted by atomic mass is 32.1.